The first-order valence-corrected chi connectivity index (χ1v) is 7.80. The zero-order chi connectivity index (χ0) is 14.9. The molecule has 0 N–H and O–H groups in total. The third-order valence-corrected chi connectivity index (χ3v) is 5.10. The minimum absolute atomic E-state index is 0.223. The molecule has 0 aromatic carbocycles. The van der Waals surface area contributed by atoms with E-state index in [1.54, 1.807) is 17.0 Å². The van der Waals surface area contributed by atoms with E-state index < -0.39 is 10.2 Å². The normalized spacial score (nSPS) is 17.0. The summed E-state index contributed by atoms with van der Waals surface area (Å²) in [5.41, 5.74) is 0. The number of hydrogen-bond acceptors (Lipinski definition) is 5. The number of carbonyl (C=O) groups excluding carboxylic acids is 1. The van der Waals surface area contributed by atoms with Crippen LogP contribution in [0.15, 0.2) is 41.5 Å². The van der Waals surface area contributed by atoms with Crippen LogP contribution in [0.5, 0.6) is 0 Å². The van der Waals surface area contributed by atoms with Crippen molar-refractivity contribution >= 4 is 16.1 Å². The highest BCUT2D eigenvalue weighted by Gasteiger charge is 2.30. The van der Waals surface area contributed by atoms with Gasteiger partial charge in [0.25, 0.3) is 5.91 Å². The minimum atomic E-state index is -3.60. The molecule has 0 aliphatic carbocycles. The summed E-state index contributed by atoms with van der Waals surface area (Å²) in [6.07, 6.45) is 5.48. The molecule has 2 aromatic rings. The second-order valence-electron chi connectivity index (χ2n) is 4.57. The van der Waals surface area contributed by atoms with E-state index in [9.17, 15) is 13.2 Å². The number of nitrogens with zero attached hydrogens (tertiary/aromatic N) is 4. The van der Waals surface area contributed by atoms with Gasteiger partial charge in [0.15, 0.2) is 5.76 Å². The molecular formula is C12H14N4O4S. The number of piperazine rings is 1. The van der Waals surface area contributed by atoms with Gasteiger partial charge >= 0.3 is 10.2 Å². The van der Waals surface area contributed by atoms with Gasteiger partial charge in [-0.3, -0.25) is 4.79 Å². The Hall–Kier alpha value is -2.13. The largest absolute Gasteiger partial charge is 0.459 e. The van der Waals surface area contributed by atoms with Crippen molar-refractivity contribution in [3.05, 3.63) is 42.9 Å². The first-order chi connectivity index (χ1) is 10.1. The maximum atomic E-state index is 12.3. The van der Waals surface area contributed by atoms with E-state index in [-0.39, 0.29) is 24.8 Å². The number of furan rings is 1. The number of rotatable bonds is 3. The van der Waals surface area contributed by atoms with Crippen molar-refractivity contribution in [3.8, 4) is 0 Å². The summed E-state index contributed by atoms with van der Waals surface area (Å²) in [5, 5.41) is 0. The van der Waals surface area contributed by atoms with Gasteiger partial charge in [-0.1, -0.05) is 0 Å². The van der Waals surface area contributed by atoms with Crippen LogP contribution in [0.3, 0.4) is 0 Å². The fraction of sp³-hybridized carbons (Fsp3) is 0.333. The molecule has 1 aliphatic heterocycles. The van der Waals surface area contributed by atoms with E-state index in [1.807, 2.05) is 0 Å². The average Bonchev–Trinajstić information content (AvgIpc) is 3.19. The first kappa shape index (κ1) is 13.8. The Balaban J connectivity index is 1.67. The van der Waals surface area contributed by atoms with Gasteiger partial charge in [-0.05, 0) is 12.1 Å². The topological polar surface area (TPSA) is 88.7 Å². The standard InChI is InChI=1S/C12H14N4O4S/c17-12(11-2-1-9-20-11)14-5-7-15(8-6-14)21(18,19)16-4-3-13-10-16/h1-4,9-10H,5-8H2. The molecule has 3 heterocycles. The molecule has 0 atom stereocenters. The Morgan fingerprint density at radius 1 is 1.24 bits per heavy atom. The van der Waals surface area contributed by atoms with Crippen LogP contribution in [0.4, 0.5) is 0 Å². The summed E-state index contributed by atoms with van der Waals surface area (Å²) in [4.78, 5) is 17.4. The van der Waals surface area contributed by atoms with Crippen molar-refractivity contribution in [2.75, 3.05) is 26.2 Å². The quantitative estimate of drug-likeness (QED) is 0.798. The lowest BCUT2D eigenvalue weighted by Gasteiger charge is -2.33. The molecule has 9 heteroatoms. The molecule has 0 bridgehead atoms. The van der Waals surface area contributed by atoms with Crippen molar-refractivity contribution in [2.24, 2.45) is 0 Å². The maximum absolute atomic E-state index is 12.3. The summed E-state index contributed by atoms with van der Waals surface area (Å²) in [6, 6.07) is 3.24. The Kier molecular flexibility index (Phi) is 3.52. The Labute approximate surface area is 121 Å². The van der Waals surface area contributed by atoms with E-state index in [2.05, 4.69) is 4.98 Å². The van der Waals surface area contributed by atoms with E-state index in [4.69, 9.17) is 4.42 Å². The second kappa shape index (κ2) is 5.34. The van der Waals surface area contributed by atoms with Gasteiger partial charge in [0.2, 0.25) is 0 Å². The molecule has 21 heavy (non-hydrogen) atoms. The molecule has 0 unspecified atom stereocenters. The lowest BCUT2D eigenvalue weighted by Crippen LogP contribution is -2.51. The van der Waals surface area contributed by atoms with Gasteiger partial charge in [0.1, 0.15) is 6.33 Å². The van der Waals surface area contributed by atoms with Gasteiger partial charge in [0, 0.05) is 38.6 Å². The van der Waals surface area contributed by atoms with Crippen LogP contribution >= 0.6 is 0 Å². The smallest absolute Gasteiger partial charge is 0.308 e. The monoisotopic (exact) mass is 310 g/mol. The Bertz CT molecular complexity index is 701. The van der Waals surface area contributed by atoms with E-state index in [0.717, 1.165) is 3.97 Å². The highest BCUT2D eigenvalue weighted by atomic mass is 32.2. The summed E-state index contributed by atoms with van der Waals surface area (Å²) in [7, 11) is -3.60. The van der Waals surface area contributed by atoms with Crippen LogP contribution in [-0.4, -0.2) is 58.7 Å². The van der Waals surface area contributed by atoms with Gasteiger partial charge in [-0.25, -0.2) is 8.96 Å². The van der Waals surface area contributed by atoms with Gasteiger partial charge in [-0.15, -0.1) is 0 Å². The van der Waals surface area contributed by atoms with E-state index in [1.165, 1.54) is 29.3 Å². The fourth-order valence-corrected chi connectivity index (χ4v) is 3.47. The van der Waals surface area contributed by atoms with Crippen LogP contribution in [0, 0.1) is 0 Å². The number of carbonyl (C=O) groups is 1. The number of amides is 1. The van der Waals surface area contributed by atoms with Crippen LogP contribution in [0.1, 0.15) is 10.6 Å². The molecule has 0 radical (unpaired) electrons. The molecule has 0 spiro atoms. The molecule has 1 aliphatic rings. The minimum Gasteiger partial charge on any atom is -0.459 e. The second-order valence-corrected chi connectivity index (χ2v) is 6.40. The summed E-state index contributed by atoms with van der Waals surface area (Å²) < 4.78 is 32.0. The van der Waals surface area contributed by atoms with Crippen molar-refractivity contribution in [2.45, 2.75) is 0 Å². The van der Waals surface area contributed by atoms with E-state index >= 15 is 0 Å². The molecule has 1 amide bonds. The first-order valence-electron chi connectivity index (χ1n) is 6.40. The number of imidazole rings is 1. The van der Waals surface area contributed by atoms with Gasteiger partial charge in [0.05, 0.1) is 6.26 Å². The number of hydrogen-bond donors (Lipinski definition) is 0. The van der Waals surface area contributed by atoms with E-state index in [0.29, 0.717) is 13.1 Å². The predicted octanol–water partition coefficient (Wildman–Crippen LogP) is 0.0270. The molecule has 2 aromatic heterocycles. The maximum Gasteiger partial charge on any atom is 0.308 e. The highest BCUT2D eigenvalue weighted by molar-refractivity contribution is 7.87. The molecule has 1 saturated heterocycles. The van der Waals surface area contributed by atoms with Crippen molar-refractivity contribution in [3.63, 3.8) is 0 Å². The lowest BCUT2D eigenvalue weighted by molar-refractivity contribution is 0.0665. The third-order valence-electron chi connectivity index (χ3n) is 3.33. The zero-order valence-electron chi connectivity index (χ0n) is 11.1. The summed E-state index contributed by atoms with van der Waals surface area (Å²) in [5.74, 6) is 0.0422. The molecular weight excluding hydrogens is 296 g/mol. The van der Waals surface area contributed by atoms with Crippen molar-refractivity contribution in [1.82, 2.24) is 18.2 Å². The SMILES string of the molecule is O=C(c1ccco1)N1CCN(S(=O)(=O)n2ccnc2)CC1. The highest BCUT2D eigenvalue weighted by Crippen LogP contribution is 2.13. The summed E-state index contributed by atoms with van der Waals surface area (Å²) >= 11 is 0. The molecule has 8 nitrogen and oxygen atoms in total. The van der Waals surface area contributed by atoms with Gasteiger partial charge in [-0.2, -0.15) is 12.7 Å². The summed E-state index contributed by atoms with van der Waals surface area (Å²) in [6.45, 7) is 1.14. The lowest BCUT2D eigenvalue weighted by atomic mass is 10.3. The van der Waals surface area contributed by atoms with Crippen LogP contribution < -0.4 is 0 Å². The Morgan fingerprint density at radius 2 is 2.00 bits per heavy atom. The zero-order valence-corrected chi connectivity index (χ0v) is 11.9. The number of aromatic nitrogens is 2. The molecule has 3 rings (SSSR count). The van der Waals surface area contributed by atoms with Crippen LogP contribution in [0.2, 0.25) is 0 Å². The fourth-order valence-electron chi connectivity index (χ4n) is 2.19. The van der Waals surface area contributed by atoms with Crippen molar-refractivity contribution in [1.29, 1.82) is 0 Å². The predicted molar refractivity (Wildman–Crippen MR) is 72.7 cm³/mol. The Morgan fingerprint density at radius 3 is 2.57 bits per heavy atom. The third kappa shape index (κ3) is 2.57. The van der Waals surface area contributed by atoms with Crippen LogP contribution in [-0.2, 0) is 10.2 Å². The molecule has 112 valence electrons. The average molecular weight is 310 g/mol. The van der Waals surface area contributed by atoms with Crippen LogP contribution in [0.25, 0.3) is 0 Å². The van der Waals surface area contributed by atoms with Crippen molar-refractivity contribution < 1.29 is 17.6 Å². The molecule has 1 fully saturated rings. The molecule has 0 saturated carbocycles. The van der Waals surface area contributed by atoms with Gasteiger partial charge < -0.3 is 9.32 Å².